The molecule has 7 heteroatoms. The van der Waals surface area contributed by atoms with Crippen LogP contribution in [0.15, 0.2) is 0 Å². The van der Waals surface area contributed by atoms with Gasteiger partial charge in [0.2, 0.25) is 5.91 Å². The Bertz CT molecular complexity index is 502. The molecule has 0 unspecified atom stereocenters. The van der Waals surface area contributed by atoms with Crippen LogP contribution < -0.4 is 0 Å². The zero-order valence-electron chi connectivity index (χ0n) is 16.4. The third kappa shape index (κ3) is 5.78. The number of rotatable bonds is 9. The van der Waals surface area contributed by atoms with Gasteiger partial charge in [0, 0.05) is 38.7 Å². The minimum Gasteiger partial charge on any atom is -0.464 e. The standard InChI is InChI=1S/C18H32N2O5/c1-14(21)7-8-15(22)25-12-10-20-17(2,3)13-19(9-11-24-6)16(23)18(20,4)5/h7-13H2,1-6H3. The fourth-order valence-electron chi connectivity index (χ4n) is 3.45. The predicted octanol–water partition coefficient (Wildman–Crippen LogP) is 1.25. The van der Waals surface area contributed by atoms with Gasteiger partial charge >= 0.3 is 5.97 Å². The van der Waals surface area contributed by atoms with Crippen LogP contribution in [0.3, 0.4) is 0 Å². The van der Waals surface area contributed by atoms with Crippen LogP contribution in [-0.4, -0.2) is 78.5 Å². The number of hydrogen-bond donors (Lipinski definition) is 0. The van der Waals surface area contributed by atoms with Crippen LogP contribution in [0.25, 0.3) is 0 Å². The molecule has 1 amide bonds. The maximum atomic E-state index is 12.8. The highest BCUT2D eigenvalue weighted by atomic mass is 16.5. The molecule has 0 spiro atoms. The van der Waals surface area contributed by atoms with Crippen molar-refractivity contribution >= 4 is 17.7 Å². The number of hydrogen-bond acceptors (Lipinski definition) is 6. The smallest absolute Gasteiger partial charge is 0.306 e. The largest absolute Gasteiger partial charge is 0.464 e. The van der Waals surface area contributed by atoms with E-state index in [1.165, 1.54) is 6.92 Å². The van der Waals surface area contributed by atoms with Crippen LogP contribution in [0.5, 0.6) is 0 Å². The lowest BCUT2D eigenvalue weighted by atomic mass is 9.87. The molecule has 1 aliphatic rings. The molecule has 25 heavy (non-hydrogen) atoms. The van der Waals surface area contributed by atoms with Crippen molar-refractivity contribution in [1.29, 1.82) is 0 Å². The first-order valence-electron chi connectivity index (χ1n) is 8.73. The first-order valence-corrected chi connectivity index (χ1v) is 8.73. The Kier molecular flexibility index (Phi) is 7.56. The molecule has 0 saturated carbocycles. The molecule has 7 nitrogen and oxygen atoms in total. The molecular weight excluding hydrogens is 324 g/mol. The Labute approximate surface area is 150 Å². The number of ketones is 1. The van der Waals surface area contributed by atoms with Gasteiger partial charge in [0.05, 0.1) is 18.6 Å². The van der Waals surface area contributed by atoms with Gasteiger partial charge in [-0.15, -0.1) is 0 Å². The highest BCUT2D eigenvalue weighted by Gasteiger charge is 2.49. The van der Waals surface area contributed by atoms with Gasteiger partial charge in [0.1, 0.15) is 12.4 Å². The van der Waals surface area contributed by atoms with E-state index in [0.717, 1.165) is 0 Å². The van der Waals surface area contributed by atoms with Crippen molar-refractivity contribution in [3.05, 3.63) is 0 Å². The van der Waals surface area contributed by atoms with Crippen molar-refractivity contribution in [3.63, 3.8) is 0 Å². The number of nitrogens with zero attached hydrogens (tertiary/aromatic N) is 2. The summed E-state index contributed by atoms with van der Waals surface area (Å²) in [6, 6.07) is 0. The van der Waals surface area contributed by atoms with Gasteiger partial charge in [-0.25, -0.2) is 0 Å². The molecule has 0 aromatic carbocycles. The molecule has 0 bridgehead atoms. The van der Waals surface area contributed by atoms with E-state index >= 15 is 0 Å². The summed E-state index contributed by atoms with van der Waals surface area (Å²) in [7, 11) is 1.62. The van der Waals surface area contributed by atoms with Crippen molar-refractivity contribution in [3.8, 4) is 0 Å². The molecular formula is C18H32N2O5. The average Bonchev–Trinajstić information content (AvgIpc) is 2.51. The molecule has 0 aliphatic carbocycles. The second kappa shape index (κ2) is 8.76. The highest BCUT2D eigenvalue weighted by molar-refractivity contribution is 5.86. The summed E-state index contributed by atoms with van der Waals surface area (Å²) in [6.45, 7) is 11.7. The van der Waals surface area contributed by atoms with Crippen LogP contribution in [0.2, 0.25) is 0 Å². The summed E-state index contributed by atoms with van der Waals surface area (Å²) in [5, 5.41) is 0. The minimum atomic E-state index is -0.693. The van der Waals surface area contributed by atoms with E-state index < -0.39 is 5.54 Å². The topological polar surface area (TPSA) is 76.2 Å². The number of piperazine rings is 1. The van der Waals surface area contributed by atoms with E-state index in [1.54, 1.807) is 7.11 Å². The molecule has 1 rings (SSSR count). The highest BCUT2D eigenvalue weighted by Crippen LogP contribution is 2.32. The average molecular weight is 356 g/mol. The SMILES string of the molecule is COCCN1CC(C)(C)N(CCOC(=O)CCC(C)=O)C(C)(C)C1=O. The Morgan fingerprint density at radius 1 is 1.08 bits per heavy atom. The maximum absolute atomic E-state index is 12.8. The molecule has 0 aromatic heterocycles. The summed E-state index contributed by atoms with van der Waals surface area (Å²) in [4.78, 5) is 39.3. The molecule has 1 aliphatic heterocycles. The van der Waals surface area contributed by atoms with Crippen LogP contribution >= 0.6 is 0 Å². The second-order valence-electron chi connectivity index (χ2n) is 7.67. The summed E-state index contributed by atoms with van der Waals surface area (Å²) in [5.41, 5.74) is -0.946. The summed E-state index contributed by atoms with van der Waals surface area (Å²) >= 11 is 0. The van der Waals surface area contributed by atoms with Gasteiger partial charge in [-0.2, -0.15) is 0 Å². The number of carbonyl (C=O) groups excluding carboxylic acids is 3. The summed E-state index contributed by atoms with van der Waals surface area (Å²) in [5.74, 6) is -0.361. The molecule has 1 fully saturated rings. The van der Waals surface area contributed by atoms with Gasteiger partial charge in [-0.1, -0.05) is 0 Å². The molecule has 1 saturated heterocycles. The molecule has 144 valence electrons. The van der Waals surface area contributed by atoms with Crippen molar-refractivity contribution in [2.45, 2.75) is 58.5 Å². The number of Topliss-reactive ketones (excluding diaryl/α,β-unsaturated/α-hetero) is 1. The molecule has 0 aromatic rings. The maximum Gasteiger partial charge on any atom is 0.306 e. The zero-order chi connectivity index (χ0) is 19.3. The molecule has 0 N–H and O–H groups in total. The van der Waals surface area contributed by atoms with E-state index in [4.69, 9.17) is 9.47 Å². The van der Waals surface area contributed by atoms with E-state index in [1.807, 2.05) is 18.7 Å². The van der Waals surface area contributed by atoms with Gasteiger partial charge in [-0.05, 0) is 34.6 Å². The minimum absolute atomic E-state index is 0.0306. The first kappa shape index (κ1) is 21.6. The van der Waals surface area contributed by atoms with Crippen LogP contribution in [-0.2, 0) is 23.9 Å². The fourth-order valence-corrected chi connectivity index (χ4v) is 3.45. The Morgan fingerprint density at radius 2 is 1.72 bits per heavy atom. The van der Waals surface area contributed by atoms with E-state index in [0.29, 0.717) is 26.2 Å². The lowest BCUT2D eigenvalue weighted by Crippen LogP contribution is -2.71. The lowest BCUT2D eigenvalue weighted by Gasteiger charge is -2.55. The number of ether oxygens (including phenoxy) is 2. The van der Waals surface area contributed by atoms with Crippen molar-refractivity contribution in [1.82, 2.24) is 9.80 Å². The third-order valence-electron chi connectivity index (χ3n) is 4.62. The Morgan fingerprint density at radius 3 is 2.28 bits per heavy atom. The number of amides is 1. The van der Waals surface area contributed by atoms with Crippen molar-refractivity contribution in [2.24, 2.45) is 0 Å². The van der Waals surface area contributed by atoms with Crippen molar-refractivity contribution in [2.75, 3.05) is 40.0 Å². The molecule has 1 heterocycles. The number of esters is 1. The van der Waals surface area contributed by atoms with Crippen molar-refractivity contribution < 1.29 is 23.9 Å². The number of carbonyl (C=O) groups is 3. The Hall–Kier alpha value is -1.47. The third-order valence-corrected chi connectivity index (χ3v) is 4.62. The fraction of sp³-hybridized carbons (Fsp3) is 0.833. The van der Waals surface area contributed by atoms with Gasteiger partial charge in [0.15, 0.2) is 0 Å². The van der Waals surface area contributed by atoms with Crippen LogP contribution in [0.4, 0.5) is 0 Å². The van der Waals surface area contributed by atoms with Crippen LogP contribution in [0, 0.1) is 0 Å². The summed E-state index contributed by atoms with van der Waals surface area (Å²) in [6.07, 6.45) is 0.304. The van der Waals surface area contributed by atoms with Gasteiger partial charge in [0.25, 0.3) is 0 Å². The molecule has 0 atom stereocenters. The van der Waals surface area contributed by atoms with Gasteiger partial charge < -0.3 is 19.2 Å². The normalized spacial score (nSPS) is 19.8. The van der Waals surface area contributed by atoms with E-state index in [-0.39, 0.29) is 42.6 Å². The van der Waals surface area contributed by atoms with E-state index in [9.17, 15) is 14.4 Å². The van der Waals surface area contributed by atoms with Gasteiger partial charge in [-0.3, -0.25) is 14.5 Å². The first-order chi connectivity index (χ1) is 11.5. The van der Waals surface area contributed by atoms with Crippen LogP contribution in [0.1, 0.15) is 47.5 Å². The molecule has 0 radical (unpaired) electrons. The quantitative estimate of drug-likeness (QED) is 0.579. The number of methoxy groups -OCH3 is 1. The lowest BCUT2D eigenvalue weighted by molar-refractivity contribution is -0.163. The predicted molar refractivity (Wildman–Crippen MR) is 94.2 cm³/mol. The monoisotopic (exact) mass is 356 g/mol. The Balaban J connectivity index is 2.67. The zero-order valence-corrected chi connectivity index (χ0v) is 16.4. The summed E-state index contributed by atoms with van der Waals surface area (Å²) < 4.78 is 10.3. The van der Waals surface area contributed by atoms with E-state index in [2.05, 4.69) is 18.7 Å². The second-order valence-corrected chi connectivity index (χ2v) is 7.67.